The Hall–Kier alpha value is -1.54. The second kappa shape index (κ2) is 5.52. The summed E-state index contributed by atoms with van der Waals surface area (Å²) in [7, 11) is 2.16. The first kappa shape index (κ1) is 11.0. The molecule has 16 heavy (non-hydrogen) atoms. The Bertz CT molecular complexity index is 392. The van der Waals surface area contributed by atoms with Crippen molar-refractivity contribution in [1.29, 1.82) is 0 Å². The summed E-state index contributed by atoms with van der Waals surface area (Å²) in [5, 5.41) is 0. The van der Waals surface area contributed by atoms with E-state index in [-0.39, 0.29) is 0 Å². The van der Waals surface area contributed by atoms with Crippen LogP contribution in [0.15, 0.2) is 54.9 Å². The van der Waals surface area contributed by atoms with E-state index in [2.05, 4.69) is 71.4 Å². The molecule has 0 N–H and O–H groups in total. The minimum absolute atomic E-state index is 1.02. The molecule has 84 valence electrons. The normalized spacial score (nSPS) is 10.9. The van der Waals surface area contributed by atoms with Crippen LogP contribution in [0, 0.1) is 0 Å². The van der Waals surface area contributed by atoms with Crippen molar-refractivity contribution >= 4 is 0 Å². The van der Waals surface area contributed by atoms with E-state index in [1.165, 1.54) is 5.56 Å². The fraction of sp³-hybridized carbons (Fsp3) is 0.286. The van der Waals surface area contributed by atoms with E-state index < -0.39 is 0 Å². The third-order valence-corrected chi connectivity index (χ3v) is 2.70. The van der Waals surface area contributed by atoms with Crippen molar-refractivity contribution in [3.63, 3.8) is 0 Å². The van der Waals surface area contributed by atoms with Gasteiger partial charge in [0.05, 0.1) is 0 Å². The van der Waals surface area contributed by atoms with Crippen LogP contribution in [0.4, 0.5) is 0 Å². The second-order valence-electron chi connectivity index (χ2n) is 4.14. The zero-order valence-electron chi connectivity index (χ0n) is 9.71. The van der Waals surface area contributed by atoms with Crippen LogP contribution in [-0.2, 0) is 13.1 Å². The smallest absolute Gasteiger partial charge is 0.0347 e. The Kier molecular flexibility index (Phi) is 3.78. The van der Waals surface area contributed by atoms with Crippen molar-refractivity contribution in [3.05, 3.63) is 60.4 Å². The van der Waals surface area contributed by atoms with Gasteiger partial charge in [-0.15, -0.1) is 0 Å². The molecule has 0 fully saturated rings. The Morgan fingerprint density at radius 3 is 2.38 bits per heavy atom. The van der Waals surface area contributed by atoms with Gasteiger partial charge in [0.1, 0.15) is 0 Å². The first-order chi connectivity index (χ1) is 7.84. The maximum Gasteiger partial charge on any atom is 0.0347 e. The third kappa shape index (κ3) is 3.24. The molecule has 2 heteroatoms. The maximum atomic E-state index is 2.34. The van der Waals surface area contributed by atoms with Gasteiger partial charge in [0, 0.05) is 32.0 Å². The van der Waals surface area contributed by atoms with E-state index >= 15 is 0 Å². The molecule has 0 amide bonds. The largest absolute Gasteiger partial charge is 0.353 e. The summed E-state index contributed by atoms with van der Waals surface area (Å²) in [5.41, 5.74) is 1.37. The van der Waals surface area contributed by atoms with Gasteiger partial charge in [0.15, 0.2) is 0 Å². The molecule has 1 heterocycles. The maximum absolute atomic E-state index is 2.34. The molecule has 0 spiro atoms. The molecule has 2 nitrogen and oxygen atoms in total. The minimum Gasteiger partial charge on any atom is -0.353 e. The first-order valence-corrected chi connectivity index (χ1v) is 5.68. The van der Waals surface area contributed by atoms with Crippen molar-refractivity contribution in [3.8, 4) is 0 Å². The van der Waals surface area contributed by atoms with E-state index in [1.807, 2.05) is 0 Å². The predicted molar refractivity (Wildman–Crippen MR) is 67.2 cm³/mol. The molecular weight excluding hydrogens is 196 g/mol. The van der Waals surface area contributed by atoms with Crippen LogP contribution in [0.2, 0.25) is 0 Å². The average molecular weight is 214 g/mol. The molecule has 0 radical (unpaired) electrons. The van der Waals surface area contributed by atoms with Gasteiger partial charge in [-0.2, -0.15) is 0 Å². The Morgan fingerprint density at radius 1 is 1.00 bits per heavy atom. The molecular formula is C14H18N2. The molecule has 0 saturated heterocycles. The lowest BCUT2D eigenvalue weighted by atomic mass is 10.2. The van der Waals surface area contributed by atoms with Gasteiger partial charge in [-0.3, -0.25) is 0 Å². The lowest BCUT2D eigenvalue weighted by molar-refractivity contribution is 0.311. The Balaban J connectivity index is 1.78. The minimum atomic E-state index is 1.02. The van der Waals surface area contributed by atoms with Crippen molar-refractivity contribution in [2.75, 3.05) is 13.6 Å². The van der Waals surface area contributed by atoms with E-state index in [4.69, 9.17) is 0 Å². The van der Waals surface area contributed by atoms with Crippen molar-refractivity contribution in [1.82, 2.24) is 9.47 Å². The van der Waals surface area contributed by atoms with E-state index in [9.17, 15) is 0 Å². The number of nitrogens with zero attached hydrogens (tertiary/aromatic N) is 2. The third-order valence-electron chi connectivity index (χ3n) is 2.70. The average Bonchev–Trinajstić information content (AvgIpc) is 2.81. The quantitative estimate of drug-likeness (QED) is 0.742. The van der Waals surface area contributed by atoms with Crippen LogP contribution in [-0.4, -0.2) is 23.1 Å². The molecule has 0 aliphatic heterocycles. The van der Waals surface area contributed by atoms with Crippen LogP contribution >= 0.6 is 0 Å². The van der Waals surface area contributed by atoms with Gasteiger partial charge in [0.2, 0.25) is 0 Å². The van der Waals surface area contributed by atoms with Crippen LogP contribution in [0.3, 0.4) is 0 Å². The zero-order chi connectivity index (χ0) is 11.2. The molecule has 1 aromatic heterocycles. The molecule has 1 aromatic carbocycles. The lowest BCUT2D eigenvalue weighted by Gasteiger charge is -2.16. The van der Waals surface area contributed by atoms with Gasteiger partial charge >= 0.3 is 0 Å². The molecule has 2 aromatic rings. The fourth-order valence-corrected chi connectivity index (χ4v) is 1.78. The van der Waals surface area contributed by atoms with E-state index in [0.717, 1.165) is 19.6 Å². The summed E-state index contributed by atoms with van der Waals surface area (Å²) >= 11 is 0. The second-order valence-corrected chi connectivity index (χ2v) is 4.14. The summed E-state index contributed by atoms with van der Waals surface area (Å²) in [6.45, 7) is 3.14. The summed E-state index contributed by atoms with van der Waals surface area (Å²) in [6, 6.07) is 14.7. The van der Waals surface area contributed by atoms with Gasteiger partial charge in [-0.1, -0.05) is 30.3 Å². The van der Waals surface area contributed by atoms with Crippen LogP contribution in [0.5, 0.6) is 0 Å². The van der Waals surface area contributed by atoms with Gasteiger partial charge in [-0.05, 0) is 24.7 Å². The van der Waals surface area contributed by atoms with Crippen LogP contribution in [0.1, 0.15) is 5.56 Å². The first-order valence-electron chi connectivity index (χ1n) is 5.68. The van der Waals surface area contributed by atoms with Crippen LogP contribution < -0.4 is 0 Å². The van der Waals surface area contributed by atoms with Crippen molar-refractivity contribution in [2.24, 2.45) is 0 Å². The Morgan fingerprint density at radius 2 is 1.69 bits per heavy atom. The molecule has 0 saturated carbocycles. The standard InChI is InChI=1S/C14H18N2/c1-15(11-12-16-9-5-6-10-16)13-14-7-3-2-4-8-14/h2-10H,11-13H2,1H3. The summed E-state index contributed by atoms with van der Waals surface area (Å²) in [4.78, 5) is 2.34. The molecule has 0 unspecified atom stereocenters. The summed E-state index contributed by atoms with van der Waals surface area (Å²) in [6.07, 6.45) is 4.21. The summed E-state index contributed by atoms with van der Waals surface area (Å²) < 4.78 is 2.21. The molecule has 2 rings (SSSR count). The van der Waals surface area contributed by atoms with Gasteiger partial charge < -0.3 is 9.47 Å². The lowest BCUT2D eigenvalue weighted by Crippen LogP contribution is -2.22. The van der Waals surface area contributed by atoms with Crippen molar-refractivity contribution in [2.45, 2.75) is 13.1 Å². The summed E-state index contributed by atoms with van der Waals surface area (Å²) in [5.74, 6) is 0. The number of aromatic nitrogens is 1. The molecule has 0 bridgehead atoms. The fourth-order valence-electron chi connectivity index (χ4n) is 1.78. The predicted octanol–water partition coefficient (Wildman–Crippen LogP) is 2.62. The molecule has 0 aliphatic carbocycles. The van der Waals surface area contributed by atoms with Gasteiger partial charge in [-0.25, -0.2) is 0 Å². The SMILES string of the molecule is CN(CCn1cccc1)Cc1ccccc1. The van der Waals surface area contributed by atoms with E-state index in [0.29, 0.717) is 0 Å². The van der Waals surface area contributed by atoms with Gasteiger partial charge in [0.25, 0.3) is 0 Å². The van der Waals surface area contributed by atoms with Crippen molar-refractivity contribution < 1.29 is 0 Å². The van der Waals surface area contributed by atoms with Crippen LogP contribution in [0.25, 0.3) is 0 Å². The Labute approximate surface area is 97.1 Å². The highest BCUT2D eigenvalue weighted by molar-refractivity contribution is 5.14. The highest BCUT2D eigenvalue weighted by Crippen LogP contribution is 2.02. The number of rotatable bonds is 5. The topological polar surface area (TPSA) is 8.17 Å². The number of likely N-dealkylation sites (N-methyl/N-ethyl adjacent to an activating group) is 1. The molecule has 0 aliphatic rings. The monoisotopic (exact) mass is 214 g/mol. The highest BCUT2D eigenvalue weighted by Gasteiger charge is 1.99. The number of benzene rings is 1. The number of hydrogen-bond donors (Lipinski definition) is 0. The number of hydrogen-bond acceptors (Lipinski definition) is 1. The zero-order valence-corrected chi connectivity index (χ0v) is 9.71. The molecule has 0 atom stereocenters. The highest BCUT2D eigenvalue weighted by atomic mass is 15.1. The van der Waals surface area contributed by atoms with E-state index in [1.54, 1.807) is 0 Å².